The summed E-state index contributed by atoms with van der Waals surface area (Å²) in [5, 5.41) is 10.9. The van der Waals surface area contributed by atoms with Crippen molar-refractivity contribution in [1.29, 1.82) is 0 Å². The van der Waals surface area contributed by atoms with E-state index in [4.69, 9.17) is 0 Å². The molecule has 1 unspecified atom stereocenters. The first kappa shape index (κ1) is 16.5. The summed E-state index contributed by atoms with van der Waals surface area (Å²) in [4.78, 5) is 4.25. The number of aromatic nitrogens is 2. The first-order valence-electron chi connectivity index (χ1n) is 7.53. The molecule has 1 aromatic heterocycles. The summed E-state index contributed by atoms with van der Waals surface area (Å²) in [6.07, 6.45) is 6.24. The van der Waals surface area contributed by atoms with Crippen LogP contribution in [0.25, 0.3) is 0 Å². The largest absolute Gasteiger partial charge is 0.356 e. The molecule has 1 atom stereocenters. The van der Waals surface area contributed by atoms with Gasteiger partial charge in [-0.05, 0) is 30.7 Å². The Morgan fingerprint density at radius 3 is 2.70 bits per heavy atom. The molecule has 2 N–H and O–H groups in total. The van der Waals surface area contributed by atoms with Gasteiger partial charge in [-0.15, -0.1) is 0 Å². The standard InChI is InChI=1S/C15H29N5/c1-13(2)7-5-8-17-15(16-4)18-11-14(3)12-20-10-6-9-19-20/h6,9-10,13-14H,5,7-8,11-12H2,1-4H3,(H2,16,17,18). The first-order valence-corrected chi connectivity index (χ1v) is 7.53. The number of nitrogens with one attached hydrogen (secondary N) is 2. The molecule has 0 aliphatic carbocycles. The van der Waals surface area contributed by atoms with E-state index in [0.717, 1.165) is 31.5 Å². The Bertz CT molecular complexity index is 370. The van der Waals surface area contributed by atoms with Gasteiger partial charge in [0, 0.05) is 39.1 Å². The fourth-order valence-corrected chi connectivity index (χ4v) is 2.00. The molecular formula is C15H29N5. The topological polar surface area (TPSA) is 54.2 Å². The van der Waals surface area contributed by atoms with E-state index < -0.39 is 0 Å². The zero-order valence-electron chi connectivity index (χ0n) is 13.3. The van der Waals surface area contributed by atoms with Gasteiger partial charge in [-0.3, -0.25) is 9.67 Å². The zero-order valence-corrected chi connectivity index (χ0v) is 13.3. The van der Waals surface area contributed by atoms with E-state index in [-0.39, 0.29) is 0 Å². The number of rotatable bonds is 8. The van der Waals surface area contributed by atoms with E-state index in [1.807, 2.05) is 30.2 Å². The molecule has 0 amide bonds. The number of nitrogens with zero attached hydrogens (tertiary/aromatic N) is 3. The molecule has 1 heterocycles. The van der Waals surface area contributed by atoms with Crippen LogP contribution in [0.3, 0.4) is 0 Å². The second kappa shape index (κ2) is 9.39. The summed E-state index contributed by atoms with van der Waals surface area (Å²) in [5.41, 5.74) is 0. The van der Waals surface area contributed by atoms with Gasteiger partial charge in [0.1, 0.15) is 0 Å². The summed E-state index contributed by atoms with van der Waals surface area (Å²) in [6, 6.07) is 1.95. The summed E-state index contributed by atoms with van der Waals surface area (Å²) < 4.78 is 1.96. The molecule has 5 heteroatoms. The number of aliphatic imine (C=N–C) groups is 1. The zero-order chi connectivity index (χ0) is 14.8. The first-order chi connectivity index (χ1) is 9.61. The smallest absolute Gasteiger partial charge is 0.190 e. The van der Waals surface area contributed by atoms with Gasteiger partial charge < -0.3 is 10.6 Å². The Labute approximate surface area is 122 Å². The van der Waals surface area contributed by atoms with Gasteiger partial charge >= 0.3 is 0 Å². The molecule has 0 saturated carbocycles. The summed E-state index contributed by atoms with van der Waals surface area (Å²) in [6.45, 7) is 9.51. The second-order valence-corrected chi connectivity index (χ2v) is 5.75. The van der Waals surface area contributed by atoms with Crippen molar-refractivity contribution in [3.63, 3.8) is 0 Å². The van der Waals surface area contributed by atoms with E-state index >= 15 is 0 Å². The lowest BCUT2D eigenvalue weighted by molar-refractivity contribution is 0.443. The van der Waals surface area contributed by atoms with Crippen molar-refractivity contribution >= 4 is 5.96 Å². The minimum atomic E-state index is 0.504. The van der Waals surface area contributed by atoms with Crippen molar-refractivity contribution in [1.82, 2.24) is 20.4 Å². The summed E-state index contributed by atoms with van der Waals surface area (Å²) in [5.74, 6) is 2.16. The van der Waals surface area contributed by atoms with Crippen molar-refractivity contribution in [2.24, 2.45) is 16.8 Å². The summed E-state index contributed by atoms with van der Waals surface area (Å²) in [7, 11) is 1.82. The minimum absolute atomic E-state index is 0.504. The van der Waals surface area contributed by atoms with Crippen LogP contribution in [0.15, 0.2) is 23.5 Å². The predicted octanol–water partition coefficient (Wildman–Crippen LogP) is 2.12. The average Bonchev–Trinajstić information content (AvgIpc) is 2.90. The van der Waals surface area contributed by atoms with Crippen LogP contribution in [-0.2, 0) is 6.54 Å². The SMILES string of the molecule is CN=C(NCCCC(C)C)NCC(C)Cn1cccn1. The lowest BCUT2D eigenvalue weighted by Gasteiger charge is -2.16. The molecule has 0 bridgehead atoms. The molecule has 1 rings (SSSR count). The minimum Gasteiger partial charge on any atom is -0.356 e. The summed E-state index contributed by atoms with van der Waals surface area (Å²) >= 11 is 0. The van der Waals surface area contributed by atoms with E-state index in [2.05, 4.69) is 41.5 Å². The third-order valence-corrected chi connectivity index (χ3v) is 3.15. The Kier molecular flexibility index (Phi) is 7.77. The fourth-order valence-electron chi connectivity index (χ4n) is 2.00. The van der Waals surface area contributed by atoms with E-state index in [9.17, 15) is 0 Å². The highest BCUT2D eigenvalue weighted by Gasteiger charge is 2.05. The van der Waals surface area contributed by atoms with Gasteiger partial charge in [0.05, 0.1) is 0 Å². The highest BCUT2D eigenvalue weighted by molar-refractivity contribution is 5.79. The number of hydrogen-bond donors (Lipinski definition) is 2. The monoisotopic (exact) mass is 279 g/mol. The van der Waals surface area contributed by atoms with Crippen molar-refractivity contribution in [3.8, 4) is 0 Å². The quantitative estimate of drug-likeness (QED) is 0.435. The highest BCUT2D eigenvalue weighted by atomic mass is 15.3. The molecule has 0 radical (unpaired) electrons. The van der Waals surface area contributed by atoms with Gasteiger partial charge in [-0.1, -0.05) is 20.8 Å². The van der Waals surface area contributed by atoms with Gasteiger partial charge in [-0.2, -0.15) is 5.10 Å². The Morgan fingerprint density at radius 2 is 2.10 bits per heavy atom. The van der Waals surface area contributed by atoms with Crippen molar-refractivity contribution in [2.45, 2.75) is 40.2 Å². The lowest BCUT2D eigenvalue weighted by atomic mass is 10.1. The maximum absolute atomic E-state index is 4.25. The van der Waals surface area contributed by atoms with Crippen LogP contribution >= 0.6 is 0 Å². The normalized spacial score (nSPS) is 13.6. The molecule has 5 nitrogen and oxygen atoms in total. The maximum atomic E-state index is 4.25. The predicted molar refractivity (Wildman–Crippen MR) is 84.8 cm³/mol. The third-order valence-electron chi connectivity index (χ3n) is 3.15. The highest BCUT2D eigenvalue weighted by Crippen LogP contribution is 2.01. The number of hydrogen-bond acceptors (Lipinski definition) is 2. The van der Waals surface area contributed by atoms with Gasteiger partial charge in [-0.25, -0.2) is 0 Å². The molecule has 0 saturated heterocycles. The van der Waals surface area contributed by atoms with Crippen LogP contribution in [0, 0.1) is 11.8 Å². The molecule has 20 heavy (non-hydrogen) atoms. The van der Waals surface area contributed by atoms with Crippen LogP contribution in [0.5, 0.6) is 0 Å². The molecule has 0 aromatic carbocycles. The van der Waals surface area contributed by atoms with E-state index in [1.165, 1.54) is 12.8 Å². The van der Waals surface area contributed by atoms with Crippen molar-refractivity contribution < 1.29 is 0 Å². The van der Waals surface area contributed by atoms with E-state index in [0.29, 0.717) is 5.92 Å². The van der Waals surface area contributed by atoms with Crippen LogP contribution < -0.4 is 10.6 Å². The average molecular weight is 279 g/mol. The lowest BCUT2D eigenvalue weighted by Crippen LogP contribution is -2.40. The van der Waals surface area contributed by atoms with Crippen LogP contribution in [0.2, 0.25) is 0 Å². The third kappa shape index (κ3) is 7.16. The second-order valence-electron chi connectivity index (χ2n) is 5.75. The molecule has 0 aliphatic rings. The van der Waals surface area contributed by atoms with Gasteiger partial charge in [0.25, 0.3) is 0 Å². The van der Waals surface area contributed by atoms with Gasteiger partial charge in [0.2, 0.25) is 0 Å². The Balaban J connectivity index is 2.17. The van der Waals surface area contributed by atoms with Crippen LogP contribution in [-0.4, -0.2) is 35.9 Å². The molecule has 0 aliphatic heterocycles. The Morgan fingerprint density at radius 1 is 1.30 bits per heavy atom. The maximum Gasteiger partial charge on any atom is 0.190 e. The van der Waals surface area contributed by atoms with Crippen LogP contribution in [0.1, 0.15) is 33.6 Å². The molecule has 0 fully saturated rings. The van der Waals surface area contributed by atoms with E-state index in [1.54, 1.807) is 0 Å². The van der Waals surface area contributed by atoms with Crippen molar-refractivity contribution in [2.75, 3.05) is 20.1 Å². The van der Waals surface area contributed by atoms with Crippen molar-refractivity contribution in [3.05, 3.63) is 18.5 Å². The molecule has 0 spiro atoms. The molecule has 1 aromatic rings. The molecular weight excluding hydrogens is 250 g/mol. The fraction of sp³-hybridized carbons (Fsp3) is 0.733. The van der Waals surface area contributed by atoms with Crippen LogP contribution in [0.4, 0.5) is 0 Å². The molecule has 114 valence electrons. The van der Waals surface area contributed by atoms with Gasteiger partial charge in [0.15, 0.2) is 5.96 Å². The Hall–Kier alpha value is -1.52. The number of guanidine groups is 1.